The smallest absolute Gasteiger partial charge is 0.254 e. The van der Waals surface area contributed by atoms with E-state index in [0.29, 0.717) is 36.8 Å². The minimum absolute atomic E-state index is 0.0390. The number of likely N-dealkylation sites (tertiary alicyclic amines) is 1. The second-order valence-corrected chi connectivity index (χ2v) is 5.24. The lowest BCUT2D eigenvalue weighted by molar-refractivity contribution is 0.0622. The second-order valence-electron chi connectivity index (χ2n) is 5.24. The van der Waals surface area contributed by atoms with E-state index in [1.54, 1.807) is 12.1 Å². The van der Waals surface area contributed by atoms with Crippen molar-refractivity contribution in [2.24, 2.45) is 5.73 Å². The summed E-state index contributed by atoms with van der Waals surface area (Å²) in [6.45, 7) is 2.40. The average Bonchev–Trinajstić information content (AvgIpc) is 2.53. The zero-order chi connectivity index (χ0) is 13.9. The Labute approximate surface area is 118 Å². The Morgan fingerprint density at radius 1 is 1.25 bits per heavy atom. The van der Waals surface area contributed by atoms with Crippen molar-refractivity contribution in [3.8, 4) is 11.5 Å². The van der Waals surface area contributed by atoms with Crippen molar-refractivity contribution < 1.29 is 14.3 Å². The third-order valence-electron chi connectivity index (χ3n) is 3.95. The van der Waals surface area contributed by atoms with Crippen molar-refractivity contribution in [2.45, 2.75) is 25.3 Å². The number of carbonyl (C=O) groups is 1. The predicted molar refractivity (Wildman–Crippen MR) is 75.2 cm³/mol. The molecule has 0 radical (unpaired) electrons. The monoisotopic (exact) mass is 276 g/mol. The summed E-state index contributed by atoms with van der Waals surface area (Å²) < 4.78 is 11.0. The molecule has 1 saturated heterocycles. The van der Waals surface area contributed by atoms with E-state index in [1.807, 2.05) is 11.0 Å². The van der Waals surface area contributed by atoms with Crippen LogP contribution in [0.2, 0.25) is 0 Å². The first-order chi connectivity index (χ1) is 9.79. The van der Waals surface area contributed by atoms with Gasteiger partial charge in [-0.3, -0.25) is 4.79 Å². The maximum Gasteiger partial charge on any atom is 0.254 e. The zero-order valence-electron chi connectivity index (χ0n) is 11.5. The van der Waals surface area contributed by atoms with Gasteiger partial charge in [-0.15, -0.1) is 0 Å². The normalized spacial score (nSPS) is 21.6. The van der Waals surface area contributed by atoms with Crippen LogP contribution in [0.25, 0.3) is 0 Å². The Hall–Kier alpha value is -1.75. The summed E-state index contributed by atoms with van der Waals surface area (Å²) in [5.74, 6) is 1.40. The highest BCUT2D eigenvalue weighted by atomic mass is 16.6. The molecule has 5 heteroatoms. The Morgan fingerprint density at radius 3 is 2.85 bits per heavy atom. The van der Waals surface area contributed by atoms with Gasteiger partial charge in [0.2, 0.25) is 0 Å². The molecule has 1 amide bonds. The van der Waals surface area contributed by atoms with Crippen molar-refractivity contribution in [1.29, 1.82) is 0 Å². The molecule has 2 aliphatic rings. The van der Waals surface area contributed by atoms with E-state index in [2.05, 4.69) is 0 Å². The summed E-state index contributed by atoms with van der Waals surface area (Å²) in [5, 5.41) is 0. The maximum absolute atomic E-state index is 12.6. The van der Waals surface area contributed by atoms with Crippen molar-refractivity contribution in [3.63, 3.8) is 0 Å². The van der Waals surface area contributed by atoms with Crippen LogP contribution in [-0.4, -0.2) is 43.2 Å². The lowest BCUT2D eigenvalue weighted by Crippen LogP contribution is -2.47. The zero-order valence-corrected chi connectivity index (χ0v) is 11.5. The average molecular weight is 276 g/mol. The van der Waals surface area contributed by atoms with E-state index in [1.165, 1.54) is 0 Å². The number of carbonyl (C=O) groups excluding carboxylic acids is 1. The molecule has 0 spiro atoms. The highest BCUT2D eigenvalue weighted by Crippen LogP contribution is 2.31. The first-order valence-corrected chi connectivity index (χ1v) is 7.20. The van der Waals surface area contributed by atoms with E-state index < -0.39 is 0 Å². The summed E-state index contributed by atoms with van der Waals surface area (Å²) in [6, 6.07) is 5.55. The van der Waals surface area contributed by atoms with Crippen molar-refractivity contribution in [1.82, 2.24) is 4.90 Å². The fourth-order valence-electron chi connectivity index (χ4n) is 2.86. The number of rotatable bonds is 2. The van der Waals surface area contributed by atoms with Crippen LogP contribution in [0.4, 0.5) is 0 Å². The van der Waals surface area contributed by atoms with Gasteiger partial charge < -0.3 is 20.1 Å². The molecule has 5 nitrogen and oxygen atoms in total. The van der Waals surface area contributed by atoms with E-state index in [9.17, 15) is 4.79 Å². The number of benzene rings is 1. The van der Waals surface area contributed by atoms with Gasteiger partial charge in [0.15, 0.2) is 11.5 Å². The van der Waals surface area contributed by atoms with Crippen LogP contribution >= 0.6 is 0 Å². The van der Waals surface area contributed by atoms with E-state index in [4.69, 9.17) is 15.2 Å². The second kappa shape index (κ2) is 5.71. The Morgan fingerprint density at radius 2 is 2.05 bits per heavy atom. The van der Waals surface area contributed by atoms with Gasteiger partial charge in [-0.25, -0.2) is 0 Å². The lowest BCUT2D eigenvalue weighted by Gasteiger charge is -2.35. The first kappa shape index (κ1) is 13.2. The van der Waals surface area contributed by atoms with Crippen LogP contribution in [-0.2, 0) is 0 Å². The van der Waals surface area contributed by atoms with Crippen LogP contribution in [0.15, 0.2) is 18.2 Å². The standard InChI is InChI=1S/C15H20N2O3/c16-10-12-3-1-2-6-17(12)15(18)11-4-5-13-14(9-11)20-8-7-19-13/h4-5,9,12H,1-3,6-8,10,16H2/t12-/m0/s1. The molecule has 0 unspecified atom stereocenters. The van der Waals surface area contributed by atoms with E-state index >= 15 is 0 Å². The maximum atomic E-state index is 12.6. The molecule has 1 fully saturated rings. The topological polar surface area (TPSA) is 64.8 Å². The number of piperidine rings is 1. The molecule has 0 aliphatic carbocycles. The first-order valence-electron chi connectivity index (χ1n) is 7.20. The van der Waals surface area contributed by atoms with Gasteiger partial charge in [0.05, 0.1) is 0 Å². The molecular formula is C15H20N2O3. The number of nitrogens with two attached hydrogens (primary N) is 1. The highest BCUT2D eigenvalue weighted by Gasteiger charge is 2.27. The summed E-state index contributed by atoms with van der Waals surface area (Å²) >= 11 is 0. The number of ether oxygens (including phenoxy) is 2. The van der Waals surface area contributed by atoms with Gasteiger partial charge in [-0.2, -0.15) is 0 Å². The summed E-state index contributed by atoms with van der Waals surface area (Å²) in [4.78, 5) is 14.5. The summed E-state index contributed by atoms with van der Waals surface area (Å²) in [6.07, 6.45) is 3.19. The number of nitrogens with zero attached hydrogens (tertiary/aromatic N) is 1. The van der Waals surface area contributed by atoms with Gasteiger partial charge in [-0.1, -0.05) is 0 Å². The molecule has 2 N–H and O–H groups in total. The molecule has 0 bridgehead atoms. The number of amides is 1. The molecule has 2 heterocycles. The largest absolute Gasteiger partial charge is 0.486 e. The number of fused-ring (bicyclic) bond motifs is 1. The lowest BCUT2D eigenvalue weighted by atomic mass is 10.0. The van der Waals surface area contributed by atoms with E-state index in [-0.39, 0.29) is 11.9 Å². The van der Waals surface area contributed by atoms with Crippen molar-refractivity contribution in [2.75, 3.05) is 26.3 Å². The minimum Gasteiger partial charge on any atom is -0.486 e. The molecule has 20 heavy (non-hydrogen) atoms. The molecule has 1 aromatic rings. The fourth-order valence-corrected chi connectivity index (χ4v) is 2.86. The minimum atomic E-state index is 0.0390. The third-order valence-corrected chi connectivity index (χ3v) is 3.95. The van der Waals surface area contributed by atoms with E-state index in [0.717, 1.165) is 25.8 Å². The molecule has 3 rings (SSSR count). The quantitative estimate of drug-likeness (QED) is 0.887. The molecule has 1 aromatic carbocycles. The summed E-state index contributed by atoms with van der Waals surface area (Å²) in [5.41, 5.74) is 6.43. The van der Waals surface area contributed by atoms with Crippen LogP contribution in [0.5, 0.6) is 11.5 Å². The summed E-state index contributed by atoms with van der Waals surface area (Å²) in [7, 11) is 0. The molecular weight excluding hydrogens is 256 g/mol. The number of hydrogen-bond acceptors (Lipinski definition) is 4. The number of hydrogen-bond donors (Lipinski definition) is 1. The van der Waals surface area contributed by atoms with Gasteiger partial charge >= 0.3 is 0 Å². The molecule has 0 saturated carbocycles. The van der Waals surface area contributed by atoms with Gasteiger partial charge in [-0.05, 0) is 37.5 Å². The SMILES string of the molecule is NC[C@@H]1CCCCN1C(=O)c1ccc2c(c1)OCCO2. The Bertz CT molecular complexity index is 504. The van der Waals surface area contributed by atoms with Gasteiger partial charge in [0.1, 0.15) is 13.2 Å². The molecule has 1 atom stereocenters. The highest BCUT2D eigenvalue weighted by molar-refractivity contribution is 5.95. The van der Waals surface area contributed by atoms with Crippen LogP contribution in [0.1, 0.15) is 29.6 Å². The van der Waals surface area contributed by atoms with Crippen LogP contribution in [0, 0.1) is 0 Å². The van der Waals surface area contributed by atoms with Gasteiger partial charge in [0.25, 0.3) is 5.91 Å². The third kappa shape index (κ3) is 2.45. The fraction of sp³-hybridized carbons (Fsp3) is 0.533. The Balaban J connectivity index is 1.82. The van der Waals surface area contributed by atoms with Crippen molar-refractivity contribution >= 4 is 5.91 Å². The van der Waals surface area contributed by atoms with Crippen LogP contribution < -0.4 is 15.2 Å². The van der Waals surface area contributed by atoms with Crippen molar-refractivity contribution in [3.05, 3.63) is 23.8 Å². The Kier molecular flexibility index (Phi) is 3.78. The molecule has 2 aliphatic heterocycles. The molecule has 0 aromatic heterocycles. The molecule has 108 valence electrons. The predicted octanol–water partition coefficient (Wildman–Crippen LogP) is 1.41. The van der Waals surface area contributed by atoms with Gasteiger partial charge in [0, 0.05) is 24.7 Å². The van der Waals surface area contributed by atoms with Crippen LogP contribution in [0.3, 0.4) is 0 Å².